The van der Waals surface area contributed by atoms with Crippen LogP contribution in [0, 0.1) is 5.41 Å². The molecule has 1 amide bonds. The van der Waals surface area contributed by atoms with E-state index in [-0.39, 0.29) is 24.7 Å². The fraction of sp³-hybridized carbons (Fsp3) is 0.292. The second-order valence-corrected chi connectivity index (χ2v) is 10.2. The molecule has 0 saturated heterocycles. The summed E-state index contributed by atoms with van der Waals surface area (Å²) < 4.78 is 74.6. The minimum Gasteiger partial charge on any atom is -0.467 e. The van der Waals surface area contributed by atoms with Gasteiger partial charge in [0.2, 0.25) is 5.91 Å². The predicted octanol–water partition coefficient (Wildman–Crippen LogP) is 5.64. The van der Waals surface area contributed by atoms with Crippen LogP contribution < -0.4 is 4.18 Å². The lowest BCUT2D eigenvalue weighted by Crippen LogP contribution is -2.38. The maximum Gasteiger partial charge on any atom is 0.416 e. The lowest BCUT2D eigenvalue weighted by molar-refractivity contribution is -0.141. The van der Waals surface area contributed by atoms with Crippen LogP contribution in [-0.2, 0) is 34.2 Å². The van der Waals surface area contributed by atoms with Crippen molar-refractivity contribution >= 4 is 16.0 Å². The van der Waals surface area contributed by atoms with E-state index in [1.807, 2.05) is 0 Å². The van der Waals surface area contributed by atoms with Gasteiger partial charge < -0.3 is 13.5 Å². The van der Waals surface area contributed by atoms with Gasteiger partial charge in [0.25, 0.3) is 0 Å². The van der Waals surface area contributed by atoms with Crippen LogP contribution >= 0.6 is 0 Å². The number of hydrogen-bond acceptors (Lipinski definition) is 5. The molecule has 0 fully saturated rings. The van der Waals surface area contributed by atoms with Gasteiger partial charge in [0, 0.05) is 12.0 Å². The standard InChI is InChI=1S/C24H24F3NO5S/c1-23(2,3)22(29)28(16-20-10-6-12-32-20)15-17-7-4-9-19(13-17)33-34(30,31)21-11-5-8-18(14-21)24(25,26)27/h4-14H,15-16H2,1-3H3. The van der Waals surface area contributed by atoms with Gasteiger partial charge in [-0.05, 0) is 48.0 Å². The molecule has 3 rings (SSSR count). The summed E-state index contributed by atoms with van der Waals surface area (Å²) in [4.78, 5) is 13.9. The molecule has 6 nitrogen and oxygen atoms in total. The zero-order valence-corrected chi connectivity index (χ0v) is 19.6. The first-order valence-electron chi connectivity index (χ1n) is 10.3. The van der Waals surface area contributed by atoms with Crippen molar-refractivity contribution in [3.63, 3.8) is 0 Å². The first kappa shape index (κ1) is 25.4. The van der Waals surface area contributed by atoms with Crippen LogP contribution in [0.1, 0.15) is 37.7 Å². The summed E-state index contributed by atoms with van der Waals surface area (Å²) in [5.41, 5.74) is -1.20. The highest BCUT2D eigenvalue weighted by molar-refractivity contribution is 7.87. The molecule has 0 N–H and O–H groups in total. The molecular weight excluding hydrogens is 471 g/mol. The molecule has 0 unspecified atom stereocenters. The monoisotopic (exact) mass is 495 g/mol. The summed E-state index contributed by atoms with van der Waals surface area (Å²) in [5, 5.41) is 0. The number of carbonyl (C=O) groups is 1. The Morgan fingerprint density at radius 2 is 1.68 bits per heavy atom. The van der Waals surface area contributed by atoms with Crippen molar-refractivity contribution < 1.29 is 35.0 Å². The summed E-state index contributed by atoms with van der Waals surface area (Å²) in [6.07, 6.45) is -3.19. The van der Waals surface area contributed by atoms with Crippen molar-refractivity contribution in [2.45, 2.75) is 44.9 Å². The van der Waals surface area contributed by atoms with Crippen LogP contribution in [0.2, 0.25) is 0 Å². The van der Waals surface area contributed by atoms with Crippen molar-refractivity contribution in [1.82, 2.24) is 4.90 Å². The van der Waals surface area contributed by atoms with Crippen molar-refractivity contribution in [1.29, 1.82) is 0 Å². The first-order chi connectivity index (χ1) is 15.8. The second kappa shape index (κ2) is 9.54. The average Bonchev–Trinajstić information content (AvgIpc) is 3.25. The van der Waals surface area contributed by atoms with Gasteiger partial charge in [0.05, 0.1) is 18.4 Å². The summed E-state index contributed by atoms with van der Waals surface area (Å²) >= 11 is 0. The van der Waals surface area contributed by atoms with E-state index in [1.54, 1.807) is 49.9 Å². The smallest absolute Gasteiger partial charge is 0.416 e. The number of hydrogen-bond donors (Lipinski definition) is 0. The third kappa shape index (κ3) is 6.40. The van der Waals surface area contributed by atoms with E-state index in [0.29, 0.717) is 17.4 Å². The molecule has 34 heavy (non-hydrogen) atoms. The van der Waals surface area contributed by atoms with Gasteiger partial charge in [-0.25, -0.2) is 0 Å². The van der Waals surface area contributed by atoms with E-state index in [1.165, 1.54) is 18.4 Å². The highest BCUT2D eigenvalue weighted by atomic mass is 32.2. The number of nitrogens with zero attached hydrogens (tertiary/aromatic N) is 1. The van der Waals surface area contributed by atoms with Gasteiger partial charge in [0.1, 0.15) is 16.4 Å². The van der Waals surface area contributed by atoms with Gasteiger partial charge in [-0.2, -0.15) is 21.6 Å². The molecule has 0 atom stereocenters. The quantitative estimate of drug-likeness (QED) is 0.397. The molecule has 0 radical (unpaired) electrons. The molecule has 1 heterocycles. The molecule has 3 aromatic rings. The summed E-state index contributed by atoms with van der Waals surface area (Å²) in [6.45, 7) is 5.69. The predicted molar refractivity (Wildman–Crippen MR) is 118 cm³/mol. The van der Waals surface area contributed by atoms with Crippen molar-refractivity contribution in [3.8, 4) is 5.75 Å². The Morgan fingerprint density at radius 3 is 2.29 bits per heavy atom. The number of halogens is 3. The summed E-state index contributed by atoms with van der Waals surface area (Å²) in [6, 6.07) is 12.8. The second-order valence-electron chi connectivity index (χ2n) is 8.70. The van der Waals surface area contributed by atoms with Crippen molar-refractivity contribution in [3.05, 3.63) is 83.8 Å². The minimum atomic E-state index is -4.69. The van der Waals surface area contributed by atoms with Crippen molar-refractivity contribution in [2.75, 3.05) is 0 Å². The molecule has 182 valence electrons. The zero-order chi connectivity index (χ0) is 25.1. The van der Waals surface area contributed by atoms with Crippen LogP contribution in [0.3, 0.4) is 0 Å². The lowest BCUT2D eigenvalue weighted by Gasteiger charge is -2.29. The highest BCUT2D eigenvalue weighted by Gasteiger charge is 2.32. The first-order valence-corrected chi connectivity index (χ1v) is 11.7. The third-order valence-corrected chi connectivity index (χ3v) is 6.03. The molecule has 10 heteroatoms. The van der Waals surface area contributed by atoms with E-state index in [9.17, 15) is 26.4 Å². The van der Waals surface area contributed by atoms with E-state index in [4.69, 9.17) is 8.60 Å². The molecular formula is C24H24F3NO5S. The Labute approximate surface area is 196 Å². The normalized spacial score (nSPS) is 12.4. The number of carbonyl (C=O) groups excluding carboxylic acids is 1. The third-order valence-electron chi connectivity index (χ3n) is 4.78. The Kier molecular flexibility index (Phi) is 7.11. The van der Waals surface area contributed by atoms with Gasteiger partial charge in [-0.1, -0.05) is 39.0 Å². The molecule has 1 aromatic heterocycles. The lowest BCUT2D eigenvalue weighted by atomic mass is 9.94. The van der Waals surface area contributed by atoms with Crippen molar-refractivity contribution in [2.24, 2.45) is 5.41 Å². The van der Waals surface area contributed by atoms with Crippen LogP contribution in [0.5, 0.6) is 5.75 Å². The van der Waals surface area contributed by atoms with Crippen LogP contribution in [0.4, 0.5) is 13.2 Å². The van der Waals surface area contributed by atoms with E-state index in [0.717, 1.165) is 18.2 Å². The number of benzene rings is 2. The molecule has 0 aliphatic heterocycles. The molecule has 0 bridgehead atoms. The average molecular weight is 496 g/mol. The number of rotatable bonds is 7. The Bertz CT molecular complexity index is 1250. The topological polar surface area (TPSA) is 76.8 Å². The maximum atomic E-state index is 13.0. The number of amides is 1. The van der Waals surface area contributed by atoms with E-state index >= 15 is 0 Å². The molecule has 0 aliphatic carbocycles. The van der Waals surface area contributed by atoms with Crippen LogP contribution in [-0.4, -0.2) is 19.2 Å². The van der Waals surface area contributed by atoms with Gasteiger partial charge in [-0.3, -0.25) is 4.79 Å². The molecule has 2 aromatic carbocycles. The molecule has 0 saturated carbocycles. The summed E-state index contributed by atoms with van der Waals surface area (Å²) in [5.74, 6) is 0.347. The van der Waals surface area contributed by atoms with E-state index in [2.05, 4.69) is 0 Å². The van der Waals surface area contributed by atoms with Crippen LogP contribution in [0.15, 0.2) is 76.2 Å². The highest BCUT2D eigenvalue weighted by Crippen LogP contribution is 2.31. The Balaban J connectivity index is 1.84. The summed E-state index contributed by atoms with van der Waals surface area (Å²) in [7, 11) is -4.52. The number of furan rings is 1. The van der Waals surface area contributed by atoms with Gasteiger partial charge >= 0.3 is 16.3 Å². The van der Waals surface area contributed by atoms with Gasteiger partial charge in [0.15, 0.2) is 0 Å². The Morgan fingerprint density at radius 1 is 0.971 bits per heavy atom. The SMILES string of the molecule is CC(C)(C)C(=O)N(Cc1cccc(OS(=O)(=O)c2cccc(C(F)(F)F)c2)c1)Cc1ccco1. The van der Waals surface area contributed by atoms with Crippen LogP contribution in [0.25, 0.3) is 0 Å². The largest absolute Gasteiger partial charge is 0.467 e. The number of alkyl halides is 3. The minimum absolute atomic E-state index is 0.0870. The fourth-order valence-electron chi connectivity index (χ4n) is 3.18. The Hall–Kier alpha value is -3.27. The maximum absolute atomic E-state index is 13.0. The molecule has 0 spiro atoms. The fourth-order valence-corrected chi connectivity index (χ4v) is 4.15. The zero-order valence-electron chi connectivity index (χ0n) is 18.8. The van der Waals surface area contributed by atoms with Gasteiger partial charge in [-0.15, -0.1) is 0 Å². The molecule has 0 aliphatic rings. The van der Waals surface area contributed by atoms with E-state index < -0.39 is 32.2 Å².